The topological polar surface area (TPSA) is 56.7 Å². The predicted molar refractivity (Wildman–Crippen MR) is 33.7 cm³/mol. The van der Waals surface area contributed by atoms with Gasteiger partial charge in [0.25, 0.3) is 5.91 Å². The van der Waals surface area contributed by atoms with Gasteiger partial charge >= 0.3 is 0 Å². The molecule has 0 aliphatic rings. The molecule has 0 heterocycles. The first-order valence-electron chi connectivity index (χ1n) is 2.80. The lowest BCUT2D eigenvalue weighted by atomic mass is 10.2. The van der Waals surface area contributed by atoms with E-state index in [0.29, 0.717) is 12.8 Å². The second-order valence-electron chi connectivity index (χ2n) is 1.66. The Bertz CT molecular complexity index is 130. The molecule has 3 nitrogen and oxygen atoms in total. The molecule has 0 atom stereocenters. The van der Waals surface area contributed by atoms with Gasteiger partial charge in [-0.1, -0.05) is 0 Å². The molecule has 0 spiro atoms. The van der Waals surface area contributed by atoms with E-state index in [1.165, 1.54) is 0 Å². The van der Waals surface area contributed by atoms with Gasteiger partial charge in [0, 0.05) is 12.8 Å². The van der Waals surface area contributed by atoms with Crippen molar-refractivity contribution in [1.29, 1.82) is 0 Å². The summed E-state index contributed by atoms with van der Waals surface area (Å²) in [5, 5.41) is 0. The van der Waals surface area contributed by atoms with Gasteiger partial charge in [-0.05, 0) is 6.42 Å². The molecule has 0 aliphatic heterocycles. The number of nitrogens with one attached hydrogen (secondary N) is 1. The summed E-state index contributed by atoms with van der Waals surface area (Å²) in [5.74, 6) is 5.61. The Hall–Kier alpha value is -0.720. The van der Waals surface area contributed by atoms with Crippen LogP contribution in [-0.4, -0.2) is 5.91 Å². The van der Waals surface area contributed by atoms with Gasteiger partial charge < -0.3 is 12.4 Å². The van der Waals surface area contributed by atoms with E-state index in [-0.39, 0.29) is 18.3 Å². The van der Waals surface area contributed by atoms with Crippen molar-refractivity contribution >= 4 is 5.91 Å². The highest BCUT2D eigenvalue weighted by atomic mass is 35.5. The van der Waals surface area contributed by atoms with Gasteiger partial charge in [-0.15, -0.1) is 12.3 Å². The summed E-state index contributed by atoms with van der Waals surface area (Å²) in [6.45, 7) is 0. The summed E-state index contributed by atoms with van der Waals surface area (Å²) in [7, 11) is 0. The fourth-order valence-corrected chi connectivity index (χ4v) is 0.439. The Morgan fingerprint density at radius 2 is 2.30 bits per heavy atom. The summed E-state index contributed by atoms with van der Waals surface area (Å²) in [5.41, 5.74) is 2.27. The van der Waals surface area contributed by atoms with E-state index in [4.69, 9.17) is 6.42 Å². The Morgan fingerprint density at radius 1 is 1.70 bits per heavy atom. The molecule has 1 amide bonds. The first-order valence-corrected chi connectivity index (χ1v) is 2.80. The van der Waals surface area contributed by atoms with Crippen LogP contribution in [0.1, 0.15) is 19.3 Å². The average Bonchev–Trinajstić information content (AvgIpc) is 1.89. The molecule has 10 heavy (non-hydrogen) atoms. The Morgan fingerprint density at radius 3 is 2.70 bits per heavy atom. The lowest BCUT2D eigenvalue weighted by Crippen LogP contribution is -3.00. The minimum absolute atomic E-state index is 0. The van der Waals surface area contributed by atoms with Gasteiger partial charge in [-0.2, -0.15) is 0 Å². The number of carbonyl (C=O) groups is 1. The standard InChI is InChI=1S/C6H10N2O.ClH/c1-2-3-4-5-6(9)8-7;/h1H,3-5,7H2,(H,8,9);1H. The smallest absolute Gasteiger partial charge is 0.264 e. The number of hydrogen-bond acceptors (Lipinski definition) is 1. The number of carbonyl (C=O) groups excluding carboxylic acids is 1. The maximum Gasteiger partial charge on any atom is 0.264 e. The summed E-state index contributed by atoms with van der Waals surface area (Å²) in [4.78, 5) is 10.4. The normalized spacial score (nSPS) is 7.20. The first-order chi connectivity index (χ1) is 4.31. The van der Waals surface area contributed by atoms with Crippen molar-refractivity contribution in [3.05, 3.63) is 0 Å². The Labute approximate surface area is 66.7 Å². The third-order valence-corrected chi connectivity index (χ3v) is 0.922. The molecule has 0 rings (SSSR count). The van der Waals surface area contributed by atoms with Crippen molar-refractivity contribution in [3.63, 3.8) is 0 Å². The second kappa shape index (κ2) is 8.28. The van der Waals surface area contributed by atoms with Gasteiger partial charge in [0.15, 0.2) is 0 Å². The molecular formula is C6H11ClN2O. The fraction of sp³-hybridized carbons (Fsp3) is 0.500. The van der Waals surface area contributed by atoms with Crippen molar-refractivity contribution in [2.24, 2.45) is 0 Å². The number of amides is 1. The third kappa shape index (κ3) is 7.28. The van der Waals surface area contributed by atoms with Crippen molar-refractivity contribution < 1.29 is 23.0 Å². The highest BCUT2D eigenvalue weighted by Gasteiger charge is 1.96. The first kappa shape index (κ1) is 12.0. The molecule has 0 bridgehead atoms. The number of hydrogen-bond donors (Lipinski definition) is 2. The largest absolute Gasteiger partial charge is 1.00 e. The van der Waals surface area contributed by atoms with Gasteiger partial charge in [0.2, 0.25) is 0 Å². The molecule has 0 aromatic heterocycles. The van der Waals surface area contributed by atoms with Crippen molar-refractivity contribution in [2.75, 3.05) is 0 Å². The van der Waals surface area contributed by atoms with Crippen LogP contribution in [0.25, 0.3) is 0 Å². The Balaban J connectivity index is 0. The van der Waals surface area contributed by atoms with Crippen LogP contribution in [0.2, 0.25) is 0 Å². The predicted octanol–water partition coefficient (Wildman–Crippen LogP) is -3.93. The van der Waals surface area contributed by atoms with E-state index >= 15 is 0 Å². The van der Waals surface area contributed by atoms with E-state index < -0.39 is 0 Å². The zero-order chi connectivity index (χ0) is 7.11. The van der Waals surface area contributed by atoms with E-state index in [0.717, 1.165) is 6.42 Å². The lowest BCUT2D eigenvalue weighted by Gasteiger charge is -1.91. The summed E-state index contributed by atoms with van der Waals surface area (Å²) in [6, 6.07) is 0. The monoisotopic (exact) mass is 162 g/mol. The number of unbranched alkanes of at least 4 members (excludes halogenated alkanes) is 1. The minimum Gasteiger partial charge on any atom is -1.00 e. The van der Waals surface area contributed by atoms with Gasteiger partial charge in [-0.3, -0.25) is 10.6 Å². The quantitative estimate of drug-likeness (QED) is 0.249. The fourth-order valence-electron chi connectivity index (χ4n) is 0.439. The maximum absolute atomic E-state index is 10.4. The molecule has 4 N–H and O–H groups in total. The molecule has 0 saturated carbocycles. The SMILES string of the molecule is C#CCCCC(=O)N[NH3+].[Cl-]. The molecule has 0 aliphatic carbocycles. The molecule has 58 valence electrons. The highest BCUT2D eigenvalue weighted by Crippen LogP contribution is 1.91. The number of rotatable bonds is 3. The van der Waals surface area contributed by atoms with Crippen LogP contribution < -0.4 is 23.7 Å². The van der Waals surface area contributed by atoms with Gasteiger partial charge in [0.05, 0.1) is 0 Å². The maximum atomic E-state index is 10.4. The molecule has 0 saturated heterocycles. The van der Waals surface area contributed by atoms with Crippen LogP contribution in [0.15, 0.2) is 0 Å². The zero-order valence-electron chi connectivity index (χ0n) is 5.69. The minimum atomic E-state index is -0.0507. The summed E-state index contributed by atoms with van der Waals surface area (Å²) >= 11 is 0. The average molecular weight is 163 g/mol. The zero-order valence-corrected chi connectivity index (χ0v) is 6.45. The number of quaternary nitrogens is 1. The summed E-state index contributed by atoms with van der Waals surface area (Å²) < 4.78 is 0. The van der Waals surface area contributed by atoms with Crippen LogP contribution in [0.4, 0.5) is 0 Å². The van der Waals surface area contributed by atoms with E-state index in [9.17, 15) is 4.79 Å². The molecule has 0 aromatic rings. The van der Waals surface area contributed by atoms with Crippen LogP contribution >= 0.6 is 0 Å². The van der Waals surface area contributed by atoms with E-state index in [2.05, 4.69) is 17.2 Å². The lowest BCUT2D eigenvalue weighted by molar-refractivity contribution is -0.427. The van der Waals surface area contributed by atoms with Crippen molar-refractivity contribution in [1.82, 2.24) is 5.43 Å². The number of halogens is 1. The van der Waals surface area contributed by atoms with Gasteiger partial charge in [0.1, 0.15) is 0 Å². The second-order valence-corrected chi connectivity index (χ2v) is 1.66. The Kier molecular flexibility index (Phi) is 9.94. The van der Waals surface area contributed by atoms with Crippen LogP contribution in [0.5, 0.6) is 0 Å². The van der Waals surface area contributed by atoms with E-state index in [1.54, 1.807) is 0 Å². The van der Waals surface area contributed by atoms with E-state index in [1.807, 2.05) is 0 Å². The van der Waals surface area contributed by atoms with Crippen LogP contribution in [0.3, 0.4) is 0 Å². The highest BCUT2D eigenvalue weighted by molar-refractivity contribution is 5.74. The molecule has 0 radical (unpaired) electrons. The molecule has 0 aromatic carbocycles. The molecular weight excluding hydrogens is 152 g/mol. The van der Waals surface area contributed by atoms with Crippen molar-refractivity contribution in [3.8, 4) is 12.3 Å². The number of terminal acetylenes is 1. The third-order valence-electron chi connectivity index (χ3n) is 0.922. The van der Waals surface area contributed by atoms with Gasteiger partial charge in [-0.25, -0.2) is 5.43 Å². The molecule has 0 unspecified atom stereocenters. The summed E-state index contributed by atoms with van der Waals surface area (Å²) in [6.07, 6.45) is 6.85. The van der Waals surface area contributed by atoms with Crippen LogP contribution in [-0.2, 0) is 4.79 Å². The van der Waals surface area contributed by atoms with Crippen LogP contribution in [0, 0.1) is 12.3 Å². The molecule has 0 fully saturated rings. The molecule has 4 heteroatoms. The van der Waals surface area contributed by atoms with Crippen molar-refractivity contribution in [2.45, 2.75) is 19.3 Å².